The summed E-state index contributed by atoms with van der Waals surface area (Å²) in [6, 6.07) is 21.0. The Kier molecular flexibility index (Phi) is 6.68. The molecule has 7 heteroatoms. The molecule has 1 aliphatic heterocycles. The van der Waals surface area contributed by atoms with Crippen LogP contribution in [0.1, 0.15) is 52.0 Å². The molecular weight excluding hydrogens is 470 g/mol. The maximum absolute atomic E-state index is 13.2. The molecule has 0 aliphatic carbocycles. The summed E-state index contributed by atoms with van der Waals surface area (Å²) in [4.78, 5) is 52.1. The van der Waals surface area contributed by atoms with Crippen molar-refractivity contribution in [3.05, 3.63) is 99.7 Å². The molecule has 186 valence electrons. The highest BCUT2D eigenvalue weighted by atomic mass is 16.5. The topological polar surface area (TPSA) is 93.9 Å². The van der Waals surface area contributed by atoms with Crippen molar-refractivity contribution >= 4 is 28.8 Å². The van der Waals surface area contributed by atoms with Crippen molar-refractivity contribution < 1.29 is 23.5 Å². The molecule has 0 spiro atoms. The highest BCUT2D eigenvalue weighted by molar-refractivity contribution is 6.21. The van der Waals surface area contributed by atoms with Crippen LogP contribution in [0.3, 0.4) is 0 Å². The molecule has 4 aromatic rings. The number of carbonyl (C=O) groups is 3. The number of carbonyl (C=O) groups excluding carboxylic acids is 3. The second kappa shape index (κ2) is 10.2. The fourth-order valence-corrected chi connectivity index (χ4v) is 4.44. The number of unbranched alkanes of at least 4 members (excludes halogenated alkanes) is 2. The maximum atomic E-state index is 13.2. The molecular formula is C30H25NO6. The van der Waals surface area contributed by atoms with Crippen molar-refractivity contribution in [1.82, 2.24) is 4.90 Å². The van der Waals surface area contributed by atoms with Gasteiger partial charge in [-0.15, -0.1) is 0 Å². The SMILES string of the molecule is Cc1ccc(-c2oc3ccccc3c(=O)c2OC(=O)CCCCCN2C(=O)c3ccccc3C2=O)cc1. The van der Waals surface area contributed by atoms with Gasteiger partial charge in [0, 0.05) is 18.5 Å². The summed E-state index contributed by atoms with van der Waals surface area (Å²) >= 11 is 0. The number of nitrogens with zero attached hydrogens (tertiary/aromatic N) is 1. The maximum Gasteiger partial charge on any atom is 0.311 e. The molecule has 0 atom stereocenters. The Morgan fingerprint density at radius 3 is 2.16 bits per heavy atom. The summed E-state index contributed by atoms with van der Waals surface area (Å²) in [7, 11) is 0. The molecule has 0 fully saturated rings. The van der Waals surface area contributed by atoms with E-state index in [9.17, 15) is 19.2 Å². The van der Waals surface area contributed by atoms with Gasteiger partial charge in [-0.25, -0.2) is 0 Å². The van der Waals surface area contributed by atoms with Gasteiger partial charge in [-0.05, 0) is 44.0 Å². The standard InChI is InChI=1S/C30H25NO6/c1-19-14-16-20(17-15-19)27-28(26(33)23-11-6-7-12-24(23)36-27)37-25(32)13-3-2-8-18-31-29(34)21-9-4-5-10-22(21)30(31)35/h4-7,9-12,14-17H,2-3,8,13,18H2,1H3. The van der Waals surface area contributed by atoms with Crippen LogP contribution in [0.4, 0.5) is 0 Å². The summed E-state index contributed by atoms with van der Waals surface area (Å²) in [6.07, 6.45) is 1.74. The Morgan fingerprint density at radius 2 is 1.46 bits per heavy atom. The van der Waals surface area contributed by atoms with Gasteiger partial charge >= 0.3 is 5.97 Å². The normalized spacial score (nSPS) is 12.7. The molecule has 5 rings (SSSR count). The predicted octanol–water partition coefficient (Wildman–Crippen LogP) is 5.53. The van der Waals surface area contributed by atoms with E-state index < -0.39 is 11.4 Å². The second-order valence-electron chi connectivity index (χ2n) is 9.04. The molecule has 2 amide bonds. The van der Waals surface area contributed by atoms with Crippen LogP contribution in [-0.2, 0) is 4.79 Å². The fourth-order valence-electron chi connectivity index (χ4n) is 4.44. The summed E-state index contributed by atoms with van der Waals surface area (Å²) in [6.45, 7) is 2.24. The third-order valence-corrected chi connectivity index (χ3v) is 6.43. The van der Waals surface area contributed by atoms with Crippen LogP contribution in [0.5, 0.6) is 5.75 Å². The number of benzene rings is 3. The molecule has 0 saturated heterocycles. The van der Waals surface area contributed by atoms with E-state index in [0.29, 0.717) is 46.9 Å². The smallest absolute Gasteiger partial charge is 0.311 e. The average Bonchev–Trinajstić information content (AvgIpc) is 3.15. The lowest BCUT2D eigenvalue weighted by Crippen LogP contribution is -2.30. The number of ether oxygens (including phenoxy) is 1. The van der Waals surface area contributed by atoms with E-state index in [2.05, 4.69) is 0 Å². The molecule has 1 aromatic heterocycles. The third-order valence-electron chi connectivity index (χ3n) is 6.43. The largest absolute Gasteiger partial charge is 0.452 e. The third kappa shape index (κ3) is 4.80. The summed E-state index contributed by atoms with van der Waals surface area (Å²) in [5.74, 6) is -1.03. The first-order valence-electron chi connectivity index (χ1n) is 12.2. The number of hydrogen-bond donors (Lipinski definition) is 0. The van der Waals surface area contributed by atoms with Crippen molar-refractivity contribution in [2.75, 3.05) is 6.54 Å². The van der Waals surface area contributed by atoms with E-state index in [1.165, 1.54) is 4.90 Å². The Labute approximate surface area is 213 Å². The molecule has 0 N–H and O–H groups in total. The van der Waals surface area contributed by atoms with Gasteiger partial charge in [-0.2, -0.15) is 0 Å². The molecule has 0 bridgehead atoms. The zero-order valence-corrected chi connectivity index (χ0v) is 20.4. The molecule has 37 heavy (non-hydrogen) atoms. The minimum absolute atomic E-state index is 0.0850. The van der Waals surface area contributed by atoms with Gasteiger partial charge in [0.15, 0.2) is 5.76 Å². The Balaban J connectivity index is 1.23. The molecule has 0 radical (unpaired) electrons. The van der Waals surface area contributed by atoms with Gasteiger partial charge < -0.3 is 9.15 Å². The van der Waals surface area contributed by atoms with E-state index in [1.807, 2.05) is 31.2 Å². The van der Waals surface area contributed by atoms with E-state index in [1.54, 1.807) is 48.5 Å². The number of rotatable bonds is 8. The minimum Gasteiger partial charge on any atom is -0.452 e. The highest BCUT2D eigenvalue weighted by Gasteiger charge is 2.34. The minimum atomic E-state index is -0.545. The number of hydrogen-bond acceptors (Lipinski definition) is 6. The highest BCUT2D eigenvalue weighted by Crippen LogP contribution is 2.31. The van der Waals surface area contributed by atoms with Crippen LogP contribution >= 0.6 is 0 Å². The van der Waals surface area contributed by atoms with Crippen LogP contribution < -0.4 is 10.2 Å². The second-order valence-corrected chi connectivity index (χ2v) is 9.04. The number of para-hydroxylation sites is 1. The lowest BCUT2D eigenvalue weighted by Gasteiger charge is -2.13. The number of imide groups is 1. The van der Waals surface area contributed by atoms with E-state index >= 15 is 0 Å². The van der Waals surface area contributed by atoms with Crippen LogP contribution in [0, 0.1) is 6.92 Å². The molecule has 0 saturated carbocycles. The molecule has 3 aromatic carbocycles. The first-order chi connectivity index (χ1) is 17.9. The number of aryl methyl sites for hydroxylation is 1. The van der Waals surface area contributed by atoms with Crippen molar-refractivity contribution in [1.29, 1.82) is 0 Å². The molecule has 0 unspecified atom stereocenters. The van der Waals surface area contributed by atoms with Crippen molar-refractivity contribution in [2.45, 2.75) is 32.6 Å². The van der Waals surface area contributed by atoms with E-state index in [4.69, 9.17) is 9.15 Å². The molecule has 1 aliphatic rings. The van der Waals surface area contributed by atoms with Crippen LogP contribution in [-0.4, -0.2) is 29.2 Å². The van der Waals surface area contributed by atoms with Gasteiger partial charge in [-0.1, -0.05) is 60.5 Å². The van der Waals surface area contributed by atoms with Crippen LogP contribution in [0.2, 0.25) is 0 Å². The lowest BCUT2D eigenvalue weighted by molar-refractivity contribution is -0.134. The molecule has 7 nitrogen and oxygen atoms in total. The zero-order chi connectivity index (χ0) is 25.9. The summed E-state index contributed by atoms with van der Waals surface area (Å²) < 4.78 is 11.6. The van der Waals surface area contributed by atoms with Gasteiger partial charge in [-0.3, -0.25) is 24.1 Å². The van der Waals surface area contributed by atoms with Crippen molar-refractivity contribution in [3.8, 4) is 17.1 Å². The summed E-state index contributed by atoms with van der Waals surface area (Å²) in [5, 5.41) is 0.335. The van der Waals surface area contributed by atoms with Gasteiger partial charge in [0.1, 0.15) is 5.58 Å². The van der Waals surface area contributed by atoms with Crippen molar-refractivity contribution in [3.63, 3.8) is 0 Å². The number of esters is 1. The van der Waals surface area contributed by atoms with E-state index in [-0.39, 0.29) is 36.3 Å². The molecule has 2 heterocycles. The predicted molar refractivity (Wildman–Crippen MR) is 139 cm³/mol. The van der Waals surface area contributed by atoms with Crippen LogP contribution in [0.15, 0.2) is 82.0 Å². The van der Waals surface area contributed by atoms with E-state index in [0.717, 1.165) is 5.56 Å². The Hall–Kier alpha value is -4.52. The van der Waals surface area contributed by atoms with Crippen LogP contribution in [0.25, 0.3) is 22.3 Å². The fraction of sp³-hybridized carbons (Fsp3) is 0.200. The monoisotopic (exact) mass is 495 g/mol. The van der Waals surface area contributed by atoms with Gasteiger partial charge in [0.2, 0.25) is 11.2 Å². The van der Waals surface area contributed by atoms with Crippen molar-refractivity contribution in [2.24, 2.45) is 0 Å². The first kappa shape index (κ1) is 24.2. The average molecular weight is 496 g/mol. The Bertz CT molecular complexity index is 1530. The quantitative estimate of drug-likeness (QED) is 0.181. The first-order valence-corrected chi connectivity index (χ1v) is 12.2. The zero-order valence-electron chi connectivity index (χ0n) is 20.4. The van der Waals surface area contributed by atoms with Gasteiger partial charge in [0.05, 0.1) is 16.5 Å². The summed E-state index contributed by atoms with van der Waals surface area (Å²) in [5.41, 5.74) is 2.54. The van der Waals surface area contributed by atoms with Gasteiger partial charge in [0.25, 0.3) is 11.8 Å². The lowest BCUT2D eigenvalue weighted by atomic mass is 10.1. The Morgan fingerprint density at radius 1 is 0.811 bits per heavy atom. The number of fused-ring (bicyclic) bond motifs is 2. The number of amides is 2.